The minimum Gasteiger partial charge on any atom is -0.279 e. The molecule has 4 rings (SSSR count). The highest BCUT2D eigenvalue weighted by Crippen LogP contribution is 2.42. The van der Waals surface area contributed by atoms with Gasteiger partial charge in [-0.2, -0.15) is 4.31 Å². The number of hydrogen-bond acceptors (Lipinski definition) is 3. The van der Waals surface area contributed by atoms with Crippen molar-refractivity contribution in [3.05, 3.63) is 65.5 Å². The Labute approximate surface area is 147 Å². The van der Waals surface area contributed by atoms with E-state index in [1.165, 1.54) is 18.2 Å². The molecule has 2 aromatic rings. The molecule has 0 spiro atoms. The zero-order valence-electron chi connectivity index (χ0n) is 14.1. The first-order chi connectivity index (χ1) is 12.0. The van der Waals surface area contributed by atoms with Gasteiger partial charge in [-0.3, -0.25) is 4.90 Å². The lowest BCUT2D eigenvalue weighted by Gasteiger charge is -2.29. The maximum Gasteiger partial charge on any atom is 0.245 e. The SMILES string of the molecule is Cc1cc(F)ccc1S(=O)(=O)N1CC2CCCN2C1c1ccccc1. The Balaban J connectivity index is 1.79. The van der Waals surface area contributed by atoms with Crippen LogP contribution in [0.4, 0.5) is 4.39 Å². The van der Waals surface area contributed by atoms with E-state index in [1.54, 1.807) is 11.2 Å². The smallest absolute Gasteiger partial charge is 0.245 e. The first kappa shape index (κ1) is 16.7. The highest BCUT2D eigenvalue weighted by atomic mass is 32.2. The lowest BCUT2D eigenvalue weighted by atomic mass is 10.1. The summed E-state index contributed by atoms with van der Waals surface area (Å²) in [6.07, 6.45) is 1.82. The van der Waals surface area contributed by atoms with E-state index in [-0.39, 0.29) is 17.1 Å². The largest absolute Gasteiger partial charge is 0.279 e. The molecule has 2 atom stereocenters. The van der Waals surface area contributed by atoms with E-state index < -0.39 is 15.8 Å². The van der Waals surface area contributed by atoms with Crippen LogP contribution in [0.1, 0.15) is 30.1 Å². The number of halogens is 1. The van der Waals surface area contributed by atoms with Gasteiger partial charge in [-0.15, -0.1) is 0 Å². The summed E-state index contributed by atoms with van der Waals surface area (Å²) in [5, 5.41) is 0. The second-order valence-corrected chi connectivity index (χ2v) is 8.66. The number of aryl methyl sites for hydroxylation is 1. The summed E-state index contributed by atoms with van der Waals surface area (Å²) in [6.45, 7) is 3.03. The zero-order chi connectivity index (χ0) is 17.6. The van der Waals surface area contributed by atoms with Crippen molar-refractivity contribution in [2.45, 2.75) is 36.9 Å². The van der Waals surface area contributed by atoms with Gasteiger partial charge in [0, 0.05) is 19.1 Å². The van der Waals surface area contributed by atoms with Gasteiger partial charge < -0.3 is 0 Å². The molecule has 2 fully saturated rings. The summed E-state index contributed by atoms with van der Waals surface area (Å²) < 4.78 is 41.7. The number of hydrogen-bond donors (Lipinski definition) is 0. The number of benzene rings is 2. The molecule has 6 heteroatoms. The van der Waals surface area contributed by atoms with Gasteiger partial charge in [0.2, 0.25) is 10.0 Å². The van der Waals surface area contributed by atoms with Crippen molar-refractivity contribution in [3.8, 4) is 0 Å². The van der Waals surface area contributed by atoms with E-state index >= 15 is 0 Å². The van der Waals surface area contributed by atoms with Gasteiger partial charge in [-0.05, 0) is 49.1 Å². The summed E-state index contributed by atoms with van der Waals surface area (Å²) in [5.74, 6) is -0.418. The van der Waals surface area contributed by atoms with Crippen molar-refractivity contribution in [1.29, 1.82) is 0 Å². The molecule has 2 heterocycles. The summed E-state index contributed by atoms with van der Waals surface area (Å²) in [4.78, 5) is 2.47. The zero-order valence-corrected chi connectivity index (χ0v) is 14.9. The topological polar surface area (TPSA) is 40.6 Å². The Morgan fingerprint density at radius 3 is 2.60 bits per heavy atom. The Morgan fingerprint density at radius 2 is 1.88 bits per heavy atom. The average molecular weight is 360 g/mol. The Hall–Kier alpha value is -1.76. The van der Waals surface area contributed by atoms with Gasteiger partial charge in [0.05, 0.1) is 4.90 Å². The number of nitrogens with zero attached hydrogens (tertiary/aromatic N) is 2. The molecule has 0 aliphatic carbocycles. The van der Waals surface area contributed by atoms with E-state index in [1.807, 2.05) is 30.3 Å². The molecular weight excluding hydrogens is 339 g/mol. The predicted octanol–water partition coefficient (Wildman–Crippen LogP) is 3.30. The molecule has 2 unspecified atom stereocenters. The maximum atomic E-state index is 13.4. The molecule has 2 saturated heterocycles. The summed E-state index contributed by atoms with van der Waals surface area (Å²) in [5.41, 5.74) is 1.43. The predicted molar refractivity (Wildman–Crippen MR) is 93.9 cm³/mol. The first-order valence-corrected chi connectivity index (χ1v) is 10.0. The molecule has 2 aromatic carbocycles. The van der Waals surface area contributed by atoms with Crippen LogP contribution in [0.15, 0.2) is 53.4 Å². The molecular formula is C19H21FN2O2S. The van der Waals surface area contributed by atoms with Gasteiger partial charge in [-0.1, -0.05) is 30.3 Å². The molecule has 0 saturated carbocycles. The van der Waals surface area contributed by atoms with Crippen molar-refractivity contribution in [1.82, 2.24) is 9.21 Å². The molecule has 2 aliphatic heterocycles. The molecule has 25 heavy (non-hydrogen) atoms. The second kappa shape index (κ2) is 6.20. The number of sulfonamides is 1. The molecule has 4 nitrogen and oxygen atoms in total. The summed E-state index contributed by atoms with van der Waals surface area (Å²) in [7, 11) is -3.70. The summed E-state index contributed by atoms with van der Waals surface area (Å²) >= 11 is 0. The van der Waals surface area contributed by atoms with Crippen LogP contribution >= 0.6 is 0 Å². The Morgan fingerprint density at radius 1 is 1.12 bits per heavy atom. The van der Waals surface area contributed by atoms with Crippen molar-refractivity contribution < 1.29 is 12.8 Å². The van der Waals surface area contributed by atoms with Crippen LogP contribution in [0.3, 0.4) is 0 Å². The molecule has 0 N–H and O–H groups in total. The maximum absolute atomic E-state index is 13.4. The fourth-order valence-corrected chi connectivity index (χ4v) is 5.92. The van der Waals surface area contributed by atoms with Gasteiger partial charge in [0.15, 0.2) is 0 Å². The van der Waals surface area contributed by atoms with E-state index in [9.17, 15) is 12.8 Å². The monoisotopic (exact) mass is 360 g/mol. The quantitative estimate of drug-likeness (QED) is 0.843. The second-order valence-electron chi connectivity index (χ2n) is 6.80. The lowest BCUT2D eigenvalue weighted by molar-refractivity contribution is 0.198. The van der Waals surface area contributed by atoms with Crippen LogP contribution in [0.2, 0.25) is 0 Å². The third-order valence-electron chi connectivity index (χ3n) is 5.22. The standard InChI is InChI=1S/C19H21FN2O2S/c1-14-12-16(20)9-10-18(14)25(23,24)22-13-17-8-5-11-21(17)19(22)15-6-3-2-4-7-15/h2-4,6-7,9-10,12,17,19H,5,8,11,13H2,1H3. The molecule has 0 radical (unpaired) electrons. The van der Waals surface area contributed by atoms with Gasteiger partial charge in [-0.25, -0.2) is 12.8 Å². The number of fused-ring (bicyclic) bond motifs is 1. The fraction of sp³-hybridized carbons (Fsp3) is 0.368. The number of rotatable bonds is 3. The molecule has 0 aromatic heterocycles. The fourth-order valence-electron chi connectivity index (χ4n) is 4.09. The molecule has 0 amide bonds. The molecule has 0 bridgehead atoms. The van der Waals surface area contributed by atoms with Crippen molar-refractivity contribution in [2.75, 3.05) is 13.1 Å². The molecule has 132 valence electrons. The minimum absolute atomic E-state index is 0.191. The van der Waals surface area contributed by atoms with Crippen molar-refractivity contribution in [2.24, 2.45) is 0 Å². The molecule has 2 aliphatic rings. The van der Waals surface area contributed by atoms with E-state index in [2.05, 4.69) is 4.90 Å². The third kappa shape index (κ3) is 2.78. The van der Waals surface area contributed by atoms with Crippen LogP contribution in [-0.4, -0.2) is 36.8 Å². The Kier molecular flexibility index (Phi) is 4.14. The van der Waals surface area contributed by atoms with Crippen molar-refractivity contribution in [3.63, 3.8) is 0 Å². The van der Waals surface area contributed by atoms with Gasteiger partial charge in [0.1, 0.15) is 12.0 Å². The highest BCUT2D eigenvalue weighted by Gasteiger charge is 2.48. The highest BCUT2D eigenvalue weighted by molar-refractivity contribution is 7.89. The lowest BCUT2D eigenvalue weighted by Crippen LogP contribution is -2.35. The van der Waals surface area contributed by atoms with Crippen LogP contribution < -0.4 is 0 Å². The van der Waals surface area contributed by atoms with Crippen LogP contribution in [-0.2, 0) is 10.0 Å². The van der Waals surface area contributed by atoms with Crippen LogP contribution in [0, 0.1) is 12.7 Å². The van der Waals surface area contributed by atoms with E-state index in [4.69, 9.17) is 0 Å². The average Bonchev–Trinajstić information content (AvgIpc) is 3.16. The minimum atomic E-state index is -3.70. The van der Waals surface area contributed by atoms with Crippen molar-refractivity contribution >= 4 is 10.0 Å². The normalized spacial score (nSPS) is 24.6. The Bertz CT molecular complexity index is 886. The summed E-state index contributed by atoms with van der Waals surface area (Å²) in [6, 6.07) is 13.9. The van der Waals surface area contributed by atoms with Crippen LogP contribution in [0.25, 0.3) is 0 Å². The van der Waals surface area contributed by atoms with Crippen LogP contribution in [0.5, 0.6) is 0 Å². The first-order valence-electron chi connectivity index (χ1n) is 8.57. The van der Waals surface area contributed by atoms with Gasteiger partial charge >= 0.3 is 0 Å². The van der Waals surface area contributed by atoms with E-state index in [0.717, 1.165) is 24.9 Å². The van der Waals surface area contributed by atoms with E-state index in [0.29, 0.717) is 12.1 Å². The third-order valence-corrected chi connectivity index (χ3v) is 7.20. The van der Waals surface area contributed by atoms with Gasteiger partial charge in [0.25, 0.3) is 0 Å².